The number of ether oxygens (including phenoxy) is 1. The number of nitrogens with one attached hydrogen (secondary N) is 2. The van der Waals surface area contributed by atoms with Crippen molar-refractivity contribution in [2.75, 3.05) is 19.4 Å². The Morgan fingerprint density at radius 3 is 2.26 bits per heavy atom. The molecule has 0 aliphatic heterocycles. The first-order valence-corrected chi connectivity index (χ1v) is 7.86. The van der Waals surface area contributed by atoms with Crippen LogP contribution in [-0.2, 0) is 24.3 Å². The molecule has 0 atom stereocenters. The maximum Gasteiger partial charge on any atom is 0.306 e. The van der Waals surface area contributed by atoms with Gasteiger partial charge in [-0.3, -0.25) is 9.59 Å². The van der Waals surface area contributed by atoms with E-state index in [-0.39, 0.29) is 31.9 Å². The first kappa shape index (κ1) is 17.8. The van der Waals surface area contributed by atoms with Gasteiger partial charge in [0.2, 0.25) is 15.9 Å². The summed E-state index contributed by atoms with van der Waals surface area (Å²) >= 11 is 0. The van der Waals surface area contributed by atoms with E-state index in [1.165, 1.54) is 0 Å². The summed E-state index contributed by atoms with van der Waals surface area (Å²) in [6.07, 6.45) is 1.09. The van der Waals surface area contributed by atoms with Crippen LogP contribution in [0.1, 0.15) is 33.6 Å². The van der Waals surface area contributed by atoms with Crippen molar-refractivity contribution in [1.82, 2.24) is 10.0 Å². The minimum atomic E-state index is -3.34. The van der Waals surface area contributed by atoms with Crippen molar-refractivity contribution in [3.63, 3.8) is 0 Å². The normalized spacial score (nSPS) is 12.0. The van der Waals surface area contributed by atoms with Crippen molar-refractivity contribution in [1.29, 1.82) is 0 Å². The second-order valence-electron chi connectivity index (χ2n) is 4.84. The third-order valence-electron chi connectivity index (χ3n) is 2.05. The standard InChI is InChI=1S/C11H22N2O5S/c1-5-18-10(15)7-6-9(14)12-8-11(2,3)13-19(4,16)17/h13H,5-8H2,1-4H3,(H,12,14). The molecule has 0 aromatic rings. The molecule has 1 amide bonds. The molecule has 0 aromatic heterocycles. The van der Waals surface area contributed by atoms with Crippen LogP contribution >= 0.6 is 0 Å². The van der Waals surface area contributed by atoms with Crippen LogP contribution in [0.25, 0.3) is 0 Å². The monoisotopic (exact) mass is 294 g/mol. The van der Waals surface area contributed by atoms with Gasteiger partial charge in [-0.2, -0.15) is 0 Å². The lowest BCUT2D eigenvalue weighted by Crippen LogP contribution is -2.51. The molecule has 0 aromatic carbocycles. The van der Waals surface area contributed by atoms with Gasteiger partial charge < -0.3 is 10.1 Å². The molecule has 0 saturated carbocycles. The Bertz CT molecular complexity index is 417. The third kappa shape index (κ3) is 10.5. The number of hydrogen-bond acceptors (Lipinski definition) is 5. The Hall–Kier alpha value is -1.15. The van der Waals surface area contributed by atoms with Crippen LogP contribution in [0, 0.1) is 0 Å². The SMILES string of the molecule is CCOC(=O)CCC(=O)NCC(C)(C)NS(C)(=O)=O. The summed E-state index contributed by atoms with van der Waals surface area (Å²) in [5.74, 6) is -0.748. The van der Waals surface area contributed by atoms with E-state index in [2.05, 4.69) is 10.0 Å². The molecule has 0 rings (SSSR count). The van der Waals surface area contributed by atoms with Gasteiger partial charge in [0.15, 0.2) is 0 Å². The zero-order valence-corrected chi connectivity index (χ0v) is 12.6. The molecular weight excluding hydrogens is 272 g/mol. The van der Waals surface area contributed by atoms with E-state index < -0.39 is 21.5 Å². The van der Waals surface area contributed by atoms with Crippen LogP contribution in [0.3, 0.4) is 0 Å². The molecule has 0 aliphatic carbocycles. The molecule has 2 N–H and O–H groups in total. The summed E-state index contributed by atoms with van der Waals surface area (Å²) in [5, 5.41) is 2.57. The van der Waals surface area contributed by atoms with Gasteiger partial charge in [-0.1, -0.05) is 0 Å². The lowest BCUT2D eigenvalue weighted by molar-refractivity contribution is -0.144. The van der Waals surface area contributed by atoms with E-state index >= 15 is 0 Å². The molecule has 0 saturated heterocycles. The van der Waals surface area contributed by atoms with Gasteiger partial charge in [-0.25, -0.2) is 13.1 Å². The molecular formula is C11H22N2O5S. The average molecular weight is 294 g/mol. The first-order chi connectivity index (χ1) is 8.56. The van der Waals surface area contributed by atoms with Gasteiger partial charge in [0.05, 0.1) is 19.3 Å². The Kier molecular flexibility index (Phi) is 6.99. The van der Waals surface area contributed by atoms with Crippen LogP contribution in [0.2, 0.25) is 0 Å². The summed E-state index contributed by atoms with van der Waals surface area (Å²) in [5.41, 5.74) is -0.785. The number of carbonyl (C=O) groups excluding carboxylic acids is 2. The quantitative estimate of drug-likeness (QED) is 0.602. The highest BCUT2D eigenvalue weighted by molar-refractivity contribution is 7.88. The van der Waals surface area contributed by atoms with Gasteiger partial charge >= 0.3 is 5.97 Å². The fourth-order valence-corrected chi connectivity index (χ4v) is 2.47. The number of sulfonamides is 1. The molecule has 0 fully saturated rings. The topological polar surface area (TPSA) is 102 Å². The zero-order valence-electron chi connectivity index (χ0n) is 11.8. The number of amides is 1. The smallest absolute Gasteiger partial charge is 0.306 e. The van der Waals surface area contributed by atoms with Crippen molar-refractivity contribution >= 4 is 21.9 Å². The molecule has 0 unspecified atom stereocenters. The minimum Gasteiger partial charge on any atom is -0.466 e. The van der Waals surface area contributed by atoms with Crippen molar-refractivity contribution in [3.05, 3.63) is 0 Å². The van der Waals surface area contributed by atoms with Crippen LogP contribution in [0.15, 0.2) is 0 Å². The lowest BCUT2D eigenvalue weighted by atomic mass is 10.1. The Balaban J connectivity index is 4.05. The largest absolute Gasteiger partial charge is 0.466 e. The van der Waals surface area contributed by atoms with Crippen molar-refractivity contribution in [2.45, 2.75) is 39.2 Å². The van der Waals surface area contributed by atoms with Crippen LogP contribution in [0.4, 0.5) is 0 Å². The van der Waals surface area contributed by atoms with Crippen LogP contribution in [0.5, 0.6) is 0 Å². The van der Waals surface area contributed by atoms with Crippen molar-refractivity contribution in [2.24, 2.45) is 0 Å². The van der Waals surface area contributed by atoms with Crippen molar-refractivity contribution in [3.8, 4) is 0 Å². The van der Waals surface area contributed by atoms with E-state index in [1.54, 1.807) is 20.8 Å². The summed E-state index contributed by atoms with van der Waals surface area (Å²) < 4.78 is 29.3. The molecule has 0 heterocycles. The molecule has 8 heteroatoms. The van der Waals surface area contributed by atoms with E-state index in [9.17, 15) is 18.0 Å². The highest BCUT2D eigenvalue weighted by atomic mass is 32.2. The number of hydrogen-bond donors (Lipinski definition) is 2. The number of carbonyl (C=O) groups is 2. The van der Waals surface area contributed by atoms with Gasteiger partial charge in [-0.05, 0) is 20.8 Å². The highest BCUT2D eigenvalue weighted by Gasteiger charge is 2.22. The fourth-order valence-electron chi connectivity index (χ4n) is 1.39. The third-order valence-corrected chi connectivity index (χ3v) is 2.97. The summed E-state index contributed by atoms with van der Waals surface area (Å²) in [7, 11) is -3.34. The second-order valence-corrected chi connectivity index (χ2v) is 6.59. The van der Waals surface area contributed by atoms with Gasteiger partial charge in [-0.15, -0.1) is 0 Å². The second kappa shape index (κ2) is 7.44. The number of esters is 1. The highest BCUT2D eigenvalue weighted by Crippen LogP contribution is 2.02. The molecule has 0 spiro atoms. The Morgan fingerprint density at radius 1 is 1.21 bits per heavy atom. The van der Waals surface area contributed by atoms with Gasteiger partial charge in [0, 0.05) is 18.5 Å². The predicted molar refractivity (Wildman–Crippen MR) is 70.9 cm³/mol. The average Bonchev–Trinajstić information content (AvgIpc) is 2.21. The van der Waals surface area contributed by atoms with Gasteiger partial charge in [0.25, 0.3) is 0 Å². The van der Waals surface area contributed by atoms with E-state index in [4.69, 9.17) is 4.74 Å². The molecule has 19 heavy (non-hydrogen) atoms. The Labute approximate surface area is 114 Å². The summed E-state index contributed by atoms with van der Waals surface area (Å²) in [6, 6.07) is 0. The van der Waals surface area contributed by atoms with E-state index in [0.29, 0.717) is 0 Å². The molecule has 0 aliphatic rings. The predicted octanol–water partition coefficient (Wildman–Crippen LogP) is -0.226. The lowest BCUT2D eigenvalue weighted by Gasteiger charge is -2.25. The van der Waals surface area contributed by atoms with Crippen LogP contribution < -0.4 is 10.0 Å². The van der Waals surface area contributed by atoms with Gasteiger partial charge in [0.1, 0.15) is 0 Å². The minimum absolute atomic E-state index is 0.0135. The fraction of sp³-hybridized carbons (Fsp3) is 0.818. The summed E-state index contributed by atoms with van der Waals surface area (Å²) in [4.78, 5) is 22.5. The molecule has 7 nitrogen and oxygen atoms in total. The maximum atomic E-state index is 11.5. The molecule has 112 valence electrons. The summed E-state index contributed by atoms with van der Waals surface area (Å²) in [6.45, 7) is 5.42. The Morgan fingerprint density at radius 2 is 1.79 bits per heavy atom. The van der Waals surface area contributed by atoms with Crippen LogP contribution in [-0.4, -0.2) is 45.2 Å². The molecule has 0 radical (unpaired) electrons. The first-order valence-electron chi connectivity index (χ1n) is 5.97. The maximum absolute atomic E-state index is 11.5. The molecule has 0 bridgehead atoms. The zero-order chi connectivity index (χ0) is 15.1. The van der Waals surface area contributed by atoms with Crippen molar-refractivity contribution < 1.29 is 22.7 Å². The number of rotatable bonds is 8. The van der Waals surface area contributed by atoms with E-state index in [0.717, 1.165) is 6.26 Å². The van der Waals surface area contributed by atoms with E-state index in [1.807, 2.05) is 0 Å².